The average Bonchev–Trinajstić information content (AvgIpc) is 2.81. The maximum Gasteiger partial charge on any atom is 0.408 e. The van der Waals surface area contributed by atoms with Gasteiger partial charge in [-0.15, -0.1) is 0 Å². The topological polar surface area (TPSA) is 48.2 Å². The molecule has 1 aliphatic rings. The van der Waals surface area contributed by atoms with Crippen LogP contribution in [0.1, 0.15) is 30.5 Å². The van der Waals surface area contributed by atoms with E-state index in [4.69, 9.17) is 4.52 Å². The van der Waals surface area contributed by atoms with Gasteiger partial charge in [-0.05, 0) is 12.8 Å². The zero-order valence-corrected chi connectivity index (χ0v) is 9.20. The van der Waals surface area contributed by atoms with Gasteiger partial charge in [-0.1, -0.05) is 5.16 Å². The standard InChI is InChI=1S/C7H7F2IN2O2/c8-7(9,10)13-3-5-11-6(14-12-5)4-1-2-4/h4H,1-3H2. The summed E-state index contributed by atoms with van der Waals surface area (Å²) in [5.41, 5.74) is 0. The number of hydrogen-bond acceptors (Lipinski definition) is 4. The zero-order valence-electron chi connectivity index (χ0n) is 7.04. The van der Waals surface area contributed by atoms with Gasteiger partial charge in [0.25, 0.3) is 0 Å². The number of hydrogen-bond donors (Lipinski definition) is 0. The van der Waals surface area contributed by atoms with E-state index in [1.165, 1.54) is 0 Å². The van der Waals surface area contributed by atoms with Gasteiger partial charge in [0.2, 0.25) is 5.89 Å². The minimum atomic E-state index is -3.18. The van der Waals surface area contributed by atoms with Crippen LogP contribution in [0.4, 0.5) is 8.78 Å². The molecule has 1 heterocycles. The van der Waals surface area contributed by atoms with Crippen LogP contribution in [0.3, 0.4) is 0 Å². The maximum absolute atomic E-state index is 12.3. The largest absolute Gasteiger partial charge is 0.408 e. The van der Waals surface area contributed by atoms with Crippen molar-refractivity contribution in [2.45, 2.75) is 29.5 Å². The molecule has 2 rings (SSSR count). The van der Waals surface area contributed by atoms with Gasteiger partial charge >= 0.3 is 4.12 Å². The third-order valence-corrected chi connectivity index (χ3v) is 2.09. The summed E-state index contributed by atoms with van der Waals surface area (Å²) in [5, 5.41) is 3.53. The molecule has 78 valence electrons. The fraction of sp³-hybridized carbons (Fsp3) is 0.714. The third-order valence-electron chi connectivity index (χ3n) is 1.78. The summed E-state index contributed by atoms with van der Waals surface area (Å²) < 4.78 is 30.4. The minimum absolute atomic E-state index is 0.170. The molecule has 0 aliphatic heterocycles. The Labute approximate surface area is 92.1 Å². The second kappa shape index (κ2) is 3.69. The second-order valence-corrected chi connectivity index (χ2v) is 4.31. The van der Waals surface area contributed by atoms with Crippen LogP contribution in [0.15, 0.2) is 4.52 Å². The van der Waals surface area contributed by atoms with E-state index in [1.54, 1.807) is 0 Å². The minimum Gasteiger partial charge on any atom is -0.339 e. The molecule has 0 bridgehead atoms. The number of nitrogens with zero attached hydrogens (tertiary/aromatic N) is 2. The number of ether oxygens (including phenoxy) is 1. The molecule has 0 atom stereocenters. The normalized spacial score (nSPS) is 17.4. The summed E-state index contributed by atoms with van der Waals surface area (Å²) in [6, 6.07) is 0. The zero-order chi connectivity index (χ0) is 10.2. The summed E-state index contributed by atoms with van der Waals surface area (Å²) in [6.07, 6.45) is 2.07. The first-order valence-electron chi connectivity index (χ1n) is 4.08. The molecule has 0 N–H and O–H groups in total. The van der Waals surface area contributed by atoms with Gasteiger partial charge in [-0.3, -0.25) is 0 Å². The third kappa shape index (κ3) is 2.84. The monoisotopic (exact) mass is 316 g/mol. The summed E-state index contributed by atoms with van der Waals surface area (Å²) in [7, 11) is 0. The first-order valence-corrected chi connectivity index (χ1v) is 5.15. The molecule has 7 heteroatoms. The van der Waals surface area contributed by atoms with Crippen LogP contribution in [0.2, 0.25) is 0 Å². The van der Waals surface area contributed by atoms with Gasteiger partial charge in [0.15, 0.2) is 5.82 Å². The molecule has 0 saturated heterocycles. The maximum atomic E-state index is 12.3. The highest BCUT2D eigenvalue weighted by molar-refractivity contribution is 14.1. The molecule has 0 spiro atoms. The van der Waals surface area contributed by atoms with E-state index in [9.17, 15) is 8.78 Å². The Balaban J connectivity index is 1.90. The van der Waals surface area contributed by atoms with Crippen molar-refractivity contribution < 1.29 is 18.0 Å². The first kappa shape index (κ1) is 10.2. The van der Waals surface area contributed by atoms with E-state index < -0.39 is 4.12 Å². The fourth-order valence-corrected chi connectivity index (χ4v) is 1.12. The van der Waals surface area contributed by atoms with Gasteiger partial charge in [0.1, 0.15) is 6.61 Å². The van der Waals surface area contributed by atoms with Crippen LogP contribution in [-0.2, 0) is 11.3 Å². The molecule has 0 aromatic carbocycles. The van der Waals surface area contributed by atoms with Crippen molar-refractivity contribution in [1.29, 1.82) is 0 Å². The van der Waals surface area contributed by atoms with Crippen LogP contribution in [0.25, 0.3) is 0 Å². The van der Waals surface area contributed by atoms with Crippen LogP contribution >= 0.6 is 22.6 Å². The van der Waals surface area contributed by atoms with Crippen LogP contribution in [-0.4, -0.2) is 14.3 Å². The lowest BCUT2D eigenvalue weighted by Gasteiger charge is -2.05. The first-order chi connectivity index (χ1) is 6.54. The van der Waals surface area contributed by atoms with E-state index in [0.717, 1.165) is 35.4 Å². The average molecular weight is 316 g/mol. The smallest absolute Gasteiger partial charge is 0.339 e. The molecule has 0 amide bonds. The van der Waals surface area contributed by atoms with Crippen molar-refractivity contribution in [3.63, 3.8) is 0 Å². The molecule has 1 saturated carbocycles. The summed E-state index contributed by atoms with van der Waals surface area (Å²) >= 11 is 0.894. The Morgan fingerprint density at radius 3 is 2.86 bits per heavy atom. The lowest BCUT2D eigenvalue weighted by Crippen LogP contribution is -2.11. The van der Waals surface area contributed by atoms with E-state index in [1.807, 2.05) is 0 Å². The lowest BCUT2D eigenvalue weighted by molar-refractivity contribution is -0.155. The van der Waals surface area contributed by atoms with Gasteiger partial charge in [-0.25, -0.2) is 0 Å². The van der Waals surface area contributed by atoms with Gasteiger partial charge < -0.3 is 9.26 Å². The highest BCUT2D eigenvalue weighted by atomic mass is 127. The fourth-order valence-electron chi connectivity index (χ4n) is 0.969. The molecule has 4 nitrogen and oxygen atoms in total. The van der Waals surface area contributed by atoms with Crippen molar-refractivity contribution in [2.75, 3.05) is 0 Å². The Bertz CT molecular complexity index is 322. The van der Waals surface area contributed by atoms with Crippen molar-refractivity contribution in [3.8, 4) is 0 Å². The number of aromatic nitrogens is 2. The van der Waals surface area contributed by atoms with E-state index in [0.29, 0.717) is 11.8 Å². The van der Waals surface area contributed by atoms with Crippen molar-refractivity contribution >= 4 is 22.6 Å². The molecule has 1 fully saturated rings. The van der Waals surface area contributed by atoms with Crippen LogP contribution < -0.4 is 0 Å². The number of halogens is 3. The summed E-state index contributed by atoms with van der Waals surface area (Å²) in [4.78, 5) is 3.94. The predicted molar refractivity (Wildman–Crippen MR) is 50.0 cm³/mol. The molecule has 0 unspecified atom stereocenters. The molecule has 1 aromatic heterocycles. The second-order valence-electron chi connectivity index (χ2n) is 3.06. The van der Waals surface area contributed by atoms with Crippen LogP contribution in [0.5, 0.6) is 0 Å². The highest BCUT2D eigenvalue weighted by Crippen LogP contribution is 2.38. The van der Waals surface area contributed by atoms with Gasteiger partial charge in [0.05, 0.1) is 0 Å². The SMILES string of the molecule is FC(F)(I)OCc1noc(C2CC2)n1. The van der Waals surface area contributed by atoms with E-state index in [2.05, 4.69) is 14.9 Å². The summed E-state index contributed by atoms with van der Waals surface area (Å²) in [6.45, 7) is -0.327. The molecule has 1 aliphatic carbocycles. The van der Waals surface area contributed by atoms with Crippen molar-refractivity contribution in [3.05, 3.63) is 11.7 Å². The van der Waals surface area contributed by atoms with Crippen molar-refractivity contribution in [2.24, 2.45) is 0 Å². The van der Waals surface area contributed by atoms with Gasteiger partial charge in [-0.2, -0.15) is 13.8 Å². The predicted octanol–water partition coefficient (Wildman–Crippen LogP) is 2.45. The Kier molecular flexibility index (Phi) is 2.69. The molecule has 0 radical (unpaired) electrons. The van der Waals surface area contributed by atoms with E-state index in [-0.39, 0.29) is 12.4 Å². The highest BCUT2D eigenvalue weighted by Gasteiger charge is 2.30. The molecular formula is C7H7F2IN2O2. The Morgan fingerprint density at radius 1 is 1.57 bits per heavy atom. The van der Waals surface area contributed by atoms with Crippen LogP contribution in [0, 0.1) is 0 Å². The van der Waals surface area contributed by atoms with E-state index >= 15 is 0 Å². The molecular weight excluding hydrogens is 309 g/mol. The number of rotatable bonds is 4. The Morgan fingerprint density at radius 2 is 2.29 bits per heavy atom. The van der Waals surface area contributed by atoms with Gasteiger partial charge in [0, 0.05) is 28.5 Å². The molecule has 14 heavy (non-hydrogen) atoms. The molecule has 1 aromatic rings. The van der Waals surface area contributed by atoms with Crippen molar-refractivity contribution in [1.82, 2.24) is 10.1 Å². The number of alkyl halides is 3. The Hall–Kier alpha value is -0.310. The quantitative estimate of drug-likeness (QED) is 0.632. The lowest BCUT2D eigenvalue weighted by atomic mass is 10.4. The summed E-state index contributed by atoms with van der Waals surface area (Å²) in [5.74, 6) is 1.03.